The van der Waals surface area contributed by atoms with Crippen LogP contribution in [0.25, 0.3) is 0 Å². The van der Waals surface area contributed by atoms with Crippen LogP contribution in [-0.4, -0.2) is 32.1 Å². The fourth-order valence-electron chi connectivity index (χ4n) is 2.89. The summed E-state index contributed by atoms with van der Waals surface area (Å²) in [4.78, 5) is 23.6. The number of ether oxygens (including phenoxy) is 1. The van der Waals surface area contributed by atoms with Crippen molar-refractivity contribution in [2.45, 2.75) is 26.2 Å². The van der Waals surface area contributed by atoms with Crippen molar-refractivity contribution in [3.8, 4) is 0 Å². The summed E-state index contributed by atoms with van der Waals surface area (Å²) >= 11 is 0. The molecule has 0 bridgehead atoms. The highest BCUT2D eigenvalue weighted by molar-refractivity contribution is 5.94. The van der Waals surface area contributed by atoms with E-state index >= 15 is 0 Å². The zero-order chi connectivity index (χ0) is 16.8. The summed E-state index contributed by atoms with van der Waals surface area (Å²) in [5, 5.41) is 5.89. The Balaban J connectivity index is 0.00000288. The fourth-order valence-corrected chi connectivity index (χ4v) is 2.89. The molecule has 0 aliphatic carbocycles. The minimum Gasteiger partial charge on any atom is -0.465 e. The molecule has 1 heterocycles. The van der Waals surface area contributed by atoms with Crippen molar-refractivity contribution in [1.82, 2.24) is 5.32 Å². The van der Waals surface area contributed by atoms with Gasteiger partial charge in [-0.3, -0.25) is 4.79 Å². The van der Waals surface area contributed by atoms with Gasteiger partial charge in [-0.25, -0.2) is 9.18 Å². The second-order valence-electron chi connectivity index (χ2n) is 6.02. The molecule has 0 radical (unpaired) electrons. The molecule has 1 saturated heterocycles. The Bertz CT molecular complexity index is 577. The lowest BCUT2D eigenvalue weighted by atomic mass is 9.85. The van der Waals surface area contributed by atoms with Gasteiger partial charge in [0.1, 0.15) is 5.82 Å². The molecule has 2 atom stereocenters. The van der Waals surface area contributed by atoms with Crippen molar-refractivity contribution in [1.29, 1.82) is 0 Å². The van der Waals surface area contributed by atoms with Crippen LogP contribution in [0.15, 0.2) is 18.2 Å². The number of anilines is 1. The highest BCUT2D eigenvalue weighted by Crippen LogP contribution is 2.24. The molecule has 0 spiro atoms. The van der Waals surface area contributed by atoms with E-state index in [2.05, 4.69) is 15.4 Å². The molecule has 1 amide bonds. The van der Waals surface area contributed by atoms with Crippen LogP contribution < -0.4 is 10.6 Å². The van der Waals surface area contributed by atoms with E-state index in [-0.39, 0.29) is 35.5 Å². The highest BCUT2D eigenvalue weighted by atomic mass is 35.5. The van der Waals surface area contributed by atoms with Crippen LogP contribution in [0.5, 0.6) is 0 Å². The van der Waals surface area contributed by atoms with E-state index in [4.69, 9.17) is 0 Å². The topological polar surface area (TPSA) is 67.4 Å². The molecule has 24 heavy (non-hydrogen) atoms. The Morgan fingerprint density at radius 2 is 2.21 bits per heavy atom. The molecule has 5 nitrogen and oxygen atoms in total. The zero-order valence-electron chi connectivity index (χ0n) is 13.9. The Kier molecular flexibility index (Phi) is 8.15. The van der Waals surface area contributed by atoms with E-state index < -0.39 is 11.8 Å². The maximum absolute atomic E-state index is 13.8. The SMILES string of the molecule is COC(=O)c1ccc(F)c(NC(=O)CC(C)C2CCCNC2)c1.Cl. The summed E-state index contributed by atoms with van der Waals surface area (Å²) in [6, 6.07) is 3.77. The monoisotopic (exact) mass is 358 g/mol. The van der Waals surface area contributed by atoms with Gasteiger partial charge in [0, 0.05) is 6.42 Å². The van der Waals surface area contributed by atoms with Gasteiger partial charge in [0.15, 0.2) is 0 Å². The van der Waals surface area contributed by atoms with Gasteiger partial charge < -0.3 is 15.4 Å². The van der Waals surface area contributed by atoms with Crippen LogP contribution in [0.3, 0.4) is 0 Å². The predicted molar refractivity (Wildman–Crippen MR) is 93.0 cm³/mol. The van der Waals surface area contributed by atoms with Gasteiger partial charge in [0.25, 0.3) is 0 Å². The first kappa shape index (κ1) is 20.4. The molecular formula is C17H24ClFN2O3. The van der Waals surface area contributed by atoms with Crippen LogP contribution in [0.2, 0.25) is 0 Å². The summed E-state index contributed by atoms with van der Waals surface area (Å²) in [6.07, 6.45) is 2.55. The average Bonchev–Trinajstić information content (AvgIpc) is 2.56. The van der Waals surface area contributed by atoms with Gasteiger partial charge in [-0.05, 0) is 56.0 Å². The number of halogens is 2. The minimum atomic E-state index is -0.571. The zero-order valence-corrected chi connectivity index (χ0v) is 14.7. The number of hydrogen-bond donors (Lipinski definition) is 2. The number of esters is 1. The fraction of sp³-hybridized carbons (Fsp3) is 0.529. The van der Waals surface area contributed by atoms with Gasteiger partial charge in [-0.15, -0.1) is 12.4 Å². The van der Waals surface area contributed by atoms with E-state index in [9.17, 15) is 14.0 Å². The predicted octanol–water partition coefficient (Wildman–Crippen LogP) is 3.00. The molecule has 1 aliphatic heterocycles. The molecule has 2 unspecified atom stereocenters. The lowest BCUT2D eigenvalue weighted by Crippen LogP contribution is -2.34. The number of carbonyl (C=O) groups is 2. The van der Waals surface area contributed by atoms with Crippen LogP contribution in [0.1, 0.15) is 36.5 Å². The van der Waals surface area contributed by atoms with E-state index in [1.54, 1.807) is 0 Å². The molecule has 0 saturated carbocycles. The summed E-state index contributed by atoms with van der Waals surface area (Å²) in [5.41, 5.74) is 0.209. The van der Waals surface area contributed by atoms with Gasteiger partial charge in [0.05, 0.1) is 18.4 Å². The number of nitrogens with one attached hydrogen (secondary N) is 2. The molecular weight excluding hydrogens is 335 g/mol. The molecule has 7 heteroatoms. The number of methoxy groups -OCH3 is 1. The summed E-state index contributed by atoms with van der Waals surface area (Å²) in [7, 11) is 1.25. The van der Waals surface area contributed by atoms with Crippen molar-refractivity contribution in [3.05, 3.63) is 29.6 Å². The van der Waals surface area contributed by atoms with Crippen molar-refractivity contribution in [2.75, 3.05) is 25.5 Å². The summed E-state index contributed by atoms with van der Waals surface area (Å²) in [5.74, 6) is -0.709. The highest BCUT2D eigenvalue weighted by Gasteiger charge is 2.22. The minimum absolute atomic E-state index is 0. The Morgan fingerprint density at radius 1 is 1.46 bits per heavy atom. The number of amides is 1. The molecule has 134 valence electrons. The molecule has 2 N–H and O–H groups in total. The summed E-state index contributed by atoms with van der Waals surface area (Å²) < 4.78 is 18.4. The number of hydrogen-bond acceptors (Lipinski definition) is 4. The lowest BCUT2D eigenvalue weighted by Gasteiger charge is -2.28. The first-order chi connectivity index (χ1) is 11.0. The molecule has 1 aliphatic rings. The molecule has 2 rings (SSSR count). The van der Waals surface area contributed by atoms with E-state index in [1.807, 2.05) is 6.92 Å². The van der Waals surface area contributed by atoms with Gasteiger partial charge in [0.2, 0.25) is 5.91 Å². The first-order valence-electron chi connectivity index (χ1n) is 7.89. The third-order valence-electron chi connectivity index (χ3n) is 4.31. The normalized spacial score (nSPS) is 18.2. The maximum Gasteiger partial charge on any atom is 0.337 e. The van der Waals surface area contributed by atoms with Crippen LogP contribution >= 0.6 is 12.4 Å². The number of piperidine rings is 1. The number of carbonyl (C=O) groups excluding carboxylic acids is 2. The third kappa shape index (κ3) is 5.46. The van der Waals surface area contributed by atoms with Gasteiger partial charge in [-0.1, -0.05) is 6.92 Å². The van der Waals surface area contributed by atoms with E-state index in [0.29, 0.717) is 12.3 Å². The third-order valence-corrected chi connectivity index (χ3v) is 4.31. The quantitative estimate of drug-likeness (QED) is 0.794. The average molecular weight is 359 g/mol. The van der Waals surface area contributed by atoms with E-state index in [1.165, 1.54) is 19.2 Å². The maximum atomic E-state index is 13.8. The van der Waals surface area contributed by atoms with Gasteiger partial charge >= 0.3 is 5.97 Å². The number of rotatable bonds is 5. The van der Waals surface area contributed by atoms with Crippen LogP contribution in [-0.2, 0) is 9.53 Å². The van der Waals surface area contributed by atoms with Crippen molar-refractivity contribution >= 4 is 30.0 Å². The van der Waals surface area contributed by atoms with Crippen LogP contribution in [0, 0.1) is 17.7 Å². The second-order valence-corrected chi connectivity index (χ2v) is 6.02. The van der Waals surface area contributed by atoms with Crippen molar-refractivity contribution in [2.24, 2.45) is 11.8 Å². The molecule has 1 aromatic rings. The smallest absolute Gasteiger partial charge is 0.337 e. The number of benzene rings is 1. The molecule has 1 aromatic carbocycles. The summed E-state index contributed by atoms with van der Waals surface area (Å²) in [6.45, 7) is 3.99. The lowest BCUT2D eigenvalue weighted by molar-refractivity contribution is -0.117. The first-order valence-corrected chi connectivity index (χ1v) is 7.89. The van der Waals surface area contributed by atoms with Crippen LogP contribution in [0.4, 0.5) is 10.1 Å². The van der Waals surface area contributed by atoms with Crippen molar-refractivity contribution < 1.29 is 18.7 Å². The molecule has 1 fully saturated rings. The molecule has 0 aromatic heterocycles. The Morgan fingerprint density at radius 3 is 2.83 bits per heavy atom. The van der Waals surface area contributed by atoms with E-state index in [0.717, 1.165) is 32.0 Å². The second kappa shape index (κ2) is 9.59. The van der Waals surface area contributed by atoms with Gasteiger partial charge in [-0.2, -0.15) is 0 Å². The van der Waals surface area contributed by atoms with Crippen molar-refractivity contribution in [3.63, 3.8) is 0 Å². The Hall–Kier alpha value is -1.66. The Labute approximate surface area is 147 Å². The largest absolute Gasteiger partial charge is 0.465 e. The standard InChI is InChI=1S/C17H23FN2O3.ClH/c1-11(13-4-3-7-19-10-13)8-16(21)20-15-9-12(17(22)23-2)5-6-14(15)18;/h5-6,9,11,13,19H,3-4,7-8,10H2,1-2H3,(H,20,21);1H.